The van der Waals surface area contributed by atoms with Crippen molar-refractivity contribution in [3.63, 3.8) is 0 Å². The molecule has 2 heterocycles. The number of rotatable bonds is 15. The van der Waals surface area contributed by atoms with Crippen LogP contribution in [0.4, 0.5) is 10.5 Å². The number of aromatic nitrogens is 1. The third-order valence-corrected chi connectivity index (χ3v) is 9.28. The molecule has 0 spiro atoms. The van der Waals surface area contributed by atoms with E-state index in [4.69, 9.17) is 9.47 Å². The number of hydrogen-bond acceptors (Lipinski definition) is 10. The standard InChI is InChI=1S/C32H35N5O10S/c1-4-6-9-16-46-31(41)35-25(19-34-48(44,45)27-11-8-7-10-26(27)37(42)43)29(38)36-20-23(18-32(36,3)30(39)40)47-28-24-17-21(5-2)12-13-22(24)14-15-33-28/h4-5,7-8,10-15,17,23,25,34H,1-2,6,9,16,18-20H2,3H3,(H,35,41)(H,39,40)/t23-,25+,32+/m1/s1. The molecule has 15 nitrogen and oxygen atoms in total. The lowest BCUT2D eigenvalue weighted by molar-refractivity contribution is -0.387. The lowest BCUT2D eigenvalue weighted by Crippen LogP contribution is -2.59. The summed E-state index contributed by atoms with van der Waals surface area (Å²) in [6.45, 7) is 7.58. The lowest BCUT2D eigenvalue weighted by Gasteiger charge is -2.33. The molecule has 0 radical (unpaired) electrons. The summed E-state index contributed by atoms with van der Waals surface area (Å²) in [6.07, 6.45) is 3.67. The molecule has 0 unspecified atom stereocenters. The van der Waals surface area contributed by atoms with Crippen LogP contribution in [0, 0.1) is 10.1 Å². The zero-order valence-electron chi connectivity index (χ0n) is 26.0. The van der Waals surface area contributed by atoms with Crippen molar-refractivity contribution < 1.29 is 42.3 Å². The van der Waals surface area contributed by atoms with E-state index < -0.39 is 67.7 Å². The van der Waals surface area contributed by atoms with Crippen molar-refractivity contribution in [3.05, 3.63) is 89.6 Å². The molecule has 4 rings (SSSR count). The maximum Gasteiger partial charge on any atom is 0.407 e. The van der Waals surface area contributed by atoms with Crippen LogP contribution < -0.4 is 14.8 Å². The van der Waals surface area contributed by atoms with Crippen molar-refractivity contribution in [3.8, 4) is 5.88 Å². The molecular formula is C32H35N5O10S. The third-order valence-electron chi connectivity index (χ3n) is 7.81. The van der Waals surface area contributed by atoms with Gasteiger partial charge in [0.25, 0.3) is 5.69 Å². The summed E-state index contributed by atoms with van der Waals surface area (Å²) in [5, 5.41) is 25.5. The van der Waals surface area contributed by atoms with Crippen molar-refractivity contribution in [2.75, 3.05) is 19.7 Å². The molecule has 254 valence electrons. The SMILES string of the molecule is C=CCCCOC(=O)N[C@@H](CNS(=O)(=O)c1ccccc1[N+](=O)[O-])C(=O)N1C[C@H](Oc2nccc3ccc(C=C)cc23)C[C@@]1(C)C(=O)O. The van der Waals surface area contributed by atoms with Crippen molar-refractivity contribution in [2.45, 2.75) is 48.8 Å². The number of amides is 2. The maximum absolute atomic E-state index is 14.1. The first-order valence-corrected chi connectivity index (χ1v) is 16.3. The zero-order chi connectivity index (χ0) is 35.1. The number of nitrogens with one attached hydrogen (secondary N) is 2. The summed E-state index contributed by atoms with van der Waals surface area (Å²) in [6, 6.07) is 10.2. The van der Waals surface area contributed by atoms with Gasteiger partial charge in [0.15, 0.2) is 4.90 Å². The number of para-hydroxylation sites is 1. The molecule has 0 bridgehead atoms. The summed E-state index contributed by atoms with van der Waals surface area (Å²) in [7, 11) is -4.59. The highest BCUT2D eigenvalue weighted by Crippen LogP contribution is 2.34. The zero-order valence-corrected chi connectivity index (χ0v) is 26.9. The molecule has 1 aliphatic heterocycles. The van der Waals surface area contributed by atoms with Gasteiger partial charge in [-0.1, -0.05) is 43.0 Å². The van der Waals surface area contributed by atoms with Gasteiger partial charge in [0.1, 0.15) is 17.7 Å². The monoisotopic (exact) mass is 681 g/mol. The van der Waals surface area contributed by atoms with Crippen LogP contribution in [-0.2, 0) is 24.3 Å². The van der Waals surface area contributed by atoms with E-state index in [0.717, 1.165) is 28.0 Å². The van der Waals surface area contributed by atoms with Crippen LogP contribution in [-0.4, -0.2) is 83.7 Å². The van der Waals surface area contributed by atoms with Crippen LogP contribution in [0.2, 0.25) is 0 Å². The van der Waals surface area contributed by atoms with Crippen molar-refractivity contribution in [2.24, 2.45) is 0 Å². The lowest BCUT2D eigenvalue weighted by atomic mass is 9.97. The molecule has 1 aromatic heterocycles. The highest BCUT2D eigenvalue weighted by molar-refractivity contribution is 7.89. The number of carboxylic acids is 1. The number of likely N-dealkylation sites (tertiary alicyclic amines) is 1. The van der Waals surface area contributed by atoms with Crippen LogP contribution >= 0.6 is 0 Å². The smallest absolute Gasteiger partial charge is 0.407 e. The number of carbonyl (C=O) groups excluding carboxylic acids is 2. The Morgan fingerprint density at radius 1 is 1.23 bits per heavy atom. The van der Waals surface area contributed by atoms with Gasteiger partial charge >= 0.3 is 12.1 Å². The number of nitro groups is 1. The number of carbonyl (C=O) groups is 3. The number of aliphatic carboxylic acids is 1. The van der Waals surface area contributed by atoms with E-state index in [-0.39, 0.29) is 25.5 Å². The molecule has 1 aliphatic rings. The number of hydrogen-bond donors (Lipinski definition) is 3. The average Bonchev–Trinajstić information content (AvgIpc) is 3.41. The van der Waals surface area contributed by atoms with Crippen molar-refractivity contribution in [1.82, 2.24) is 19.9 Å². The van der Waals surface area contributed by atoms with Crippen LogP contribution in [0.1, 0.15) is 31.7 Å². The van der Waals surface area contributed by atoms with E-state index in [2.05, 4.69) is 28.2 Å². The number of unbranched alkanes of at least 4 members (excludes halogenated alkanes) is 1. The van der Waals surface area contributed by atoms with Gasteiger partial charge in [0.05, 0.1) is 18.1 Å². The minimum Gasteiger partial charge on any atom is -0.480 e. The Morgan fingerprint density at radius 3 is 2.67 bits per heavy atom. The van der Waals surface area contributed by atoms with Gasteiger partial charge in [0.2, 0.25) is 21.8 Å². The van der Waals surface area contributed by atoms with Gasteiger partial charge in [-0.3, -0.25) is 14.9 Å². The summed E-state index contributed by atoms with van der Waals surface area (Å²) >= 11 is 0. The van der Waals surface area contributed by atoms with E-state index >= 15 is 0 Å². The second-order valence-electron chi connectivity index (χ2n) is 11.1. The summed E-state index contributed by atoms with van der Waals surface area (Å²) < 4.78 is 39.7. The highest BCUT2D eigenvalue weighted by atomic mass is 32.2. The molecule has 2 amide bonds. The second-order valence-corrected chi connectivity index (χ2v) is 12.8. The summed E-state index contributed by atoms with van der Waals surface area (Å²) in [5.74, 6) is -2.12. The fourth-order valence-corrected chi connectivity index (χ4v) is 6.46. The Bertz CT molecular complexity index is 1850. The quantitative estimate of drug-likeness (QED) is 0.0913. The fourth-order valence-electron chi connectivity index (χ4n) is 5.25. The Kier molecular flexibility index (Phi) is 11.1. The number of carboxylic acid groups (broad SMARTS) is 1. The Balaban J connectivity index is 1.62. The van der Waals surface area contributed by atoms with E-state index in [1.807, 2.05) is 18.2 Å². The first kappa shape index (κ1) is 35.5. The van der Waals surface area contributed by atoms with Crippen LogP contribution in [0.15, 0.2) is 78.9 Å². The van der Waals surface area contributed by atoms with Gasteiger partial charge in [-0.2, -0.15) is 0 Å². The highest BCUT2D eigenvalue weighted by Gasteiger charge is 2.52. The summed E-state index contributed by atoms with van der Waals surface area (Å²) in [5.41, 5.74) is -1.75. The molecule has 0 saturated carbocycles. The van der Waals surface area contributed by atoms with E-state index in [9.17, 15) is 38.0 Å². The van der Waals surface area contributed by atoms with Gasteiger partial charge < -0.3 is 24.8 Å². The van der Waals surface area contributed by atoms with Gasteiger partial charge in [-0.25, -0.2) is 27.7 Å². The predicted octanol–water partition coefficient (Wildman–Crippen LogP) is 3.65. The topological polar surface area (TPSA) is 207 Å². The number of sulfonamides is 1. The number of nitro benzene ring substituents is 1. The predicted molar refractivity (Wildman–Crippen MR) is 175 cm³/mol. The molecule has 3 N–H and O–H groups in total. The molecule has 16 heteroatoms. The molecule has 0 aliphatic carbocycles. The first-order chi connectivity index (χ1) is 22.8. The molecule has 2 aromatic carbocycles. The van der Waals surface area contributed by atoms with Crippen LogP contribution in [0.25, 0.3) is 16.8 Å². The molecule has 48 heavy (non-hydrogen) atoms. The largest absolute Gasteiger partial charge is 0.480 e. The van der Waals surface area contributed by atoms with Crippen molar-refractivity contribution in [1.29, 1.82) is 0 Å². The Morgan fingerprint density at radius 2 is 1.98 bits per heavy atom. The second kappa shape index (κ2) is 15.0. The average molecular weight is 682 g/mol. The minimum atomic E-state index is -4.59. The van der Waals surface area contributed by atoms with E-state index in [1.54, 1.807) is 18.2 Å². The van der Waals surface area contributed by atoms with Gasteiger partial charge in [-0.05, 0) is 48.9 Å². The van der Waals surface area contributed by atoms with Gasteiger partial charge in [0, 0.05) is 30.6 Å². The Labute approximate surface area is 276 Å². The number of nitrogens with zero attached hydrogens (tertiary/aromatic N) is 3. The van der Waals surface area contributed by atoms with Crippen LogP contribution in [0.5, 0.6) is 5.88 Å². The van der Waals surface area contributed by atoms with Gasteiger partial charge in [-0.15, -0.1) is 6.58 Å². The molecule has 3 atom stereocenters. The molecular weight excluding hydrogens is 646 g/mol. The molecule has 1 saturated heterocycles. The normalized spacial score (nSPS) is 18.1. The third kappa shape index (κ3) is 7.95. The minimum absolute atomic E-state index is 0.0429. The first-order valence-electron chi connectivity index (χ1n) is 14.8. The van der Waals surface area contributed by atoms with E-state index in [1.165, 1.54) is 25.3 Å². The van der Waals surface area contributed by atoms with Crippen molar-refractivity contribution >= 4 is 50.5 Å². The summed E-state index contributed by atoms with van der Waals surface area (Å²) in [4.78, 5) is 54.6. The number of allylic oxidation sites excluding steroid dienone is 1. The maximum atomic E-state index is 14.1. The van der Waals surface area contributed by atoms with E-state index in [0.29, 0.717) is 18.2 Å². The number of ether oxygens (including phenoxy) is 2. The van der Waals surface area contributed by atoms with Crippen LogP contribution in [0.3, 0.4) is 0 Å². The number of benzene rings is 2. The number of alkyl carbamates (subject to hydrolysis) is 1. The Hall–Kier alpha value is -5.35. The number of fused-ring (bicyclic) bond motifs is 1. The fraction of sp³-hybridized carbons (Fsp3) is 0.312. The number of pyridine rings is 1. The molecule has 3 aromatic rings. The molecule has 1 fully saturated rings.